The Hall–Kier alpha value is -2.77. The summed E-state index contributed by atoms with van der Waals surface area (Å²) in [5.41, 5.74) is -2.96. The summed E-state index contributed by atoms with van der Waals surface area (Å²) in [6.45, 7) is 0. The molecule has 0 amide bonds. The van der Waals surface area contributed by atoms with Gasteiger partial charge in [0.25, 0.3) is 0 Å². The highest BCUT2D eigenvalue weighted by Gasteiger charge is 2.23. The molecule has 0 saturated carbocycles. The maximum atomic E-state index is 12.3. The molecule has 10 heteroatoms. The Morgan fingerprint density at radius 1 is 1.05 bits per heavy atom. The van der Waals surface area contributed by atoms with Crippen LogP contribution >= 0.6 is 8.18 Å². The van der Waals surface area contributed by atoms with Gasteiger partial charge in [0, 0.05) is 0 Å². The van der Waals surface area contributed by atoms with E-state index < -0.39 is 25.1 Å². The molecule has 0 bridgehead atoms. The van der Waals surface area contributed by atoms with Crippen LogP contribution in [0.15, 0.2) is 44.7 Å². The Labute approximate surface area is 116 Å². The van der Waals surface area contributed by atoms with Gasteiger partial charge in [0.05, 0.1) is 5.69 Å². The van der Waals surface area contributed by atoms with Gasteiger partial charge in [-0.1, -0.05) is 18.2 Å². The maximum absolute atomic E-state index is 12.3. The van der Waals surface area contributed by atoms with Gasteiger partial charge in [0.2, 0.25) is 0 Å². The number of fused-ring (bicyclic) bond motifs is 1. The summed E-state index contributed by atoms with van der Waals surface area (Å²) in [6.07, 6.45) is 0. The molecular weight excluding hydrogens is 299 g/mol. The molecule has 21 heavy (non-hydrogen) atoms. The zero-order valence-electron chi connectivity index (χ0n) is 10.3. The molecule has 0 spiro atoms. The van der Waals surface area contributed by atoms with Crippen molar-refractivity contribution >= 4 is 19.3 Å². The number of nitrogens with zero attached hydrogens (tertiary/aromatic N) is 2. The summed E-state index contributed by atoms with van der Waals surface area (Å²) in [5, 5.41) is 0. The minimum Gasteiger partial charge on any atom is -0.572 e. The third-order valence-corrected chi connectivity index (χ3v) is 3.57. The fraction of sp³-hybridized carbons (Fsp3) is 0. The van der Waals surface area contributed by atoms with E-state index in [4.69, 9.17) is 0 Å². The maximum Gasteiger partial charge on any atom is 0.452 e. The van der Waals surface area contributed by atoms with E-state index in [2.05, 4.69) is 9.97 Å². The van der Waals surface area contributed by atoms with E-state index in [1.54, 1.807) is 30.3 Å². The van der Waals surface area contributed by atoms with Crippen LogP contribution in [-0.4, -0.2) is 18.9 Å². The number of benzene rings is 1. The summed E-state index contributed by atoms with van der Waals surface area (Å²) in [4.78, 5) is 51.3. The normalized spacial score (nSPS) is 11.8. The Balaban J connectivity index is 2.61. The van der Waals surface area contributed by atoms with Gasteiger partial charge in [0.1, 0.15) is 0 Å². The molecule has 3 aromatic rings. The van der Waals surface area contributed by atoms with Crippen molar-refractivity contribution in [2.75, 3.05) is 0 Å². The predicted octanol–water partition coefficient (Wildman–Crippen LogP) is -0.965. The molecule has 2 aromatic heterocycles. The number of rotatable bonds is 2. The van der Waals surface area contributed by atoms with Crippen LogP contribution in [0.2, 0.25) is 0 Å². The first-order valence-electron chi connectivity index (χ1n) is 5.71. The summed E-state index contributed by atoms with van der Waals surface area (Å²) < 4.78 is 12.2. The van der Waals surface area contributed by atoms with Crippen LogP contribution in [-0.2, 0) is 4.57 Å². The van der Waals surface area contributed by atoms with Gasteiger partial charge >= 0.3 is 25.1 Å². The van der Waals surface area contributed by atoms with Crippen molar-refractivity contribution < 1.29 is 9.46 Å². The van der Waals surface area contributed by atoms with Crippen molar-refractivity contribution in [2.24, 2.45) is 0 Å². The third kappa shape index (κ3) is 1.95. The molecule has 1 atom stereocenters. The quantitative estimate of drug-likeness (QED) is 0.588. The lowest BCUT2D eigenvalue weighted by Gasteiger charge is -2.06. The topological polar surface area (TPSA) is 133 Å². The summed E-state index contributed by atoms with van der Waals surface area (Å²) in [7, 11) is -3.47. The third-order valence-electron chi connectivity index (χ3n) is 2.89. The molecule has 0 aliphatic heterocycles. The molecule has 1 aromatic carbocycles. The van der Waals surface area contributed by atoms with Crippen LogP contribution in [0, 0.1) is 0 Å². The smallest absolute Gasteiger partial charge is 0.452 e. The van der Waals surface area contributed by atoms with Crippen LogP contribution in [0.1, 0.15) is 0 Å². The number of H-pyrrole nitrogens is 2. The van der Waals surface area contributed by atoms with E-state index in [1.165, 1.54) is 0 Å². The van der Waals surface area contributed by atoms with Gasteiger partial charge in [0.15, 0.2) is 11.2 Å². The number of para-hydroxylation sites is 1. The van der Waals surface area contributed by atoms with Crippen molar-refractivity contribution in [2.45, 2.75) is 0 Å². The number of aromatic amines is 2. The van der Waals surface area contributed by atoms with Gasteiger partial charge < -0.3 is 4.89 Å². The van der Waals surface area contributed by atoms with Crippen molar-refractivity contribution in [3.05, 3.63) is 61.7 Å². The highest BCUT2D eigenvalue weighted by Crippen LogP contribution is 2.12. The van der Waals surface area contributed by atoms with Gasteiger partial charge in [-0.3, -0.25) is 14.8 Å². The fourth-order valence-corrected chi connectivity index (χ4v) is 2.52. The van der Waals surface area contributed by atoms with Crippen LogP contribution < -0.4 is 21.8 Å². The molecule has 106 valence electrons. The molecule has 0 radical (unpaired) electrons. The van der Waals surface area contributed by atoms with E-state index in [9.17, 15) is 23.8 Å². The number of imidazole rings is 1. The highest BCUT2D eigenvalue weighted by atomic mass is 31.1. The average molecular weight is 306 g/mol. The molecular formula is C11H7N4O5P. The number of nitrogens with one attached hydrogen (secondary N) is 2. The second-order valence-corrected chi connectivity index (χ2v) is 4.99. The molecule has 2 heterocycles. The molecule has 2 N–H and O–H groups in total. The number of hydrogen-bond acceptors (Lipinski definition) is 5. The minimum atomic E-state index is -3.47. The monoisotopic (exact) mass is 306 g/mol. The summed E-state index contributed by atoms with van der Waals surface area (Å²) in [5.74, 6) is 0. The van der Waals surface area contributed by atoms with E-state index in [1.807, 2.05) is 0 Å². The number of hydrogen-bond donors (Lipinski definition) is 2. The zero-order valence-corrected chi connectivity index (χ0v) is 11.2. The van der Waals surface area contributed by atoms with Gasteiger partial charge in [-0.2, -0.15) is 0 Å². The van der Waals surface area contributed by atoms with Crippen molar-refractivity contribution in [3.8, 4) is 5.69 Å². The van der Waals surface area contributed by atoms with E-state index in [-0.39, 0.29) is 15.5 Å². The average Bonchev–Trinajstić information content (AvgIpc) is 2.81. The van der Waals surface area contributed by atoms with Crippen molar-refractivity contribution in [1.82, 2.24) is 18.9 Å². The lowest BCUT2D eigenvalue weighted by atomic mass is 10.3. The van der Waals surface area contributed by atoms with Crippen molar-refractivity contribution in [1.29, 1.82) is 0 Å². The molecule has 9 nitrogen and oxygen atoms in total. The van der Waals surface area contributed by atoms with E-state index in [0.29, 0.717) is 5.69 Å². The van der Waals surface area contributed by atoms with Crippen LogP contribution in [0.3, 0.4) is 0 Å². The van der Waals surface area contributed by atoms with Gasteiger partial charge in [-0.05, 0) is 21.0 Å². The lowest BCUT2D eigenvalue weighted by molar-refractivity contribution is -0.167. The lowest BCUT2D eigenvalue weighted by Crippen LogP contribution is -2.37. The van der Waals surface area contributed by atoms with Gasteiger partial charge in [-0.15, -0.1) is 0 Å². The Kier molecular flexibility index (Phi) is 2.93. The standard InChI is InChI=1S/C11H7N4O5P/c16-9-7-8(13-10(17)12-7)14(6-4-2-1-3-5-6)11(18)15(9)21(19)20/h1-5H,(H2,12,13,17). The minimum absolute atomic E-state index is 0.0778. The van der Waals surface area contributed by atoms with E-state index >= 15 is 0 Å². The molecule has 1 unspecified atom stereocenters. The SMILES string of the molecule is O=c1[nH]c2c(=O)n([P+](=O)[O-])c(=O)n(-c3ccccc3)c2[nH]1. The largest absolute Gasteiger partial charge is 0.572 e. The molecule has 0 fully saturated rings. The first-order chi connectivity index (χ1) is 10.0. The first-order valence-corrected chi connectivity index (χ1v) is 6.84. The Bertz CT molecular complexity index is 1030. The predicted molar refractivity (Wildman–Crippen MR) is 71.8 cm³/mol. The molecule has 0 saturated heterocycles. The first kappa shape index (κ1) is 13.2. The van der Waals surface area contributed by atoms with Gasteiger partial charge in [-0.25, -0.2) is 14.2 Å². The Morgan fingerprint density at radius 3 is 2.33 bits per heavy atom. The Morgan fingerprint density at radius 2 is 1.71 bits per heavy atom. The zero-order chi connectivity index (χ0) is 15.1. The van der Waals surface area contributed by atoms with Crippen molar-refractivity contribution in [3.63, 3.8) is 0 Å². The highest BCUT2D eigenvalue weighted by molar-refractivity contribution is 7.34. The number of aromatic nitrogens is 4. The van der Waals surface area contributed by atoms with Crippen LogP contribution in [0.25, 0.3) is 16.9 Å². The molecule has 3 rings (SSSR count). The van der Waals surface area contributed by atoms with Crippen LogP contribution in [0.4, 0.5) is 0 Å². The second-order valence-electron chi connectivity index (χ2n) is 4.11. The fourth-order valence-electron chi connectivity index (χ4n) is 2.04. The molecule has 0 aliphatic rings. The van der Waals surface area contributed by atoms with E-state index in [0.717, 1.165) is 4.57 Å². The molecule has 0 aliphatic carbocycles. The second kappa shape index (κ2) is 4.65. The van der Waals surface area contributed by atoms with Crippen LogP contribution in [0.5, 0.6) is 0 Å². The summed E-state index contributed by atoms with van der Waals surface area (Å²) >= 11 is 0. The summed E-state index contributed by atoms with van der Waals surface area (Å²) in [6, 6.07) is 8.05.